The summed E-state index contributed by atoms with van der Waals surface area (Å²) in [6.07, 6.45) is 0.711. The third-order valence-corrected chi connectivity index (χ3v) is 6.12. The average molecular weight is 449 g/mol. The van der Waals surface area contributed by atoms with E-state index in [9.17, 15) is 14.7 Å². The van der Waals surface area contributed by atoms with Gasteiger partial charge in [0.2, 0.25) is 0 Å². The van der Waals surface area contributed by atoms with E-state index < -0.39 is 17.7 Å². The van der Waals surface area contributed by atoms with Gasteiger partial charge in [-0.2, -0.15) is 0 Å². The van der Waals surface area contributed by atoms with Gasteiger partial charge >= 0.3 is 0 Å². The number of likely N-dealkylation sites (tertiary alicyclic amines) is 1. The van der Waals surface area contributed by atoms with Crippen LogP contribution in [0.2, 0.25) is 5.02 Å². The largest absolute Gasteiger partial charge is 0.507 e. The lowest BCUT2D eigenvalue weighted by Gasteiger charge is -2.24. The molecule has 1 atom stereocenters. The summed E-state index contributed by atoms with van der Waals surface area (Å²) in [6, 6.07) is 7.98. The fourth-order valence-corrected chi connectivity index (χ4v) is 4.55. The number of hydrogen-bond acceptors (Lipinski definition) is 6. The Labute approximate surface area is 185 Å². The van der Waals surface area contributed by atoms with Gasteiger partial charge in [-0.25, -0.2) is 0 Å². The molecule has 0 bridgehead atoms. The summed E-state index contributed by atoms with van der Waals surface area (Å²) in [6.45, 7) is 3.49. The topological polar surface area (TPSA) is 70.1 Å². The second-order valence-corrected chi connectivity index (χ2v) is 8.63. The van der Waals surface area contributed by atoms with Crippen LogP contribution < -0.4 is 4.74 Å². The summed E-state index contributed by atoms with van der Waals surface area (Å²) in [4.78, 5) is 30.2. The number of ether oxygens (including phenoxy) is 1. The maximum Gasteiger partial charge on any atom is 0.295 e. The second kappa shape index (κ2) is 9.64. The van der Waals surface area contributed by atoms with Crippen molar-refractivity contribution in [3.63, 3.8) is 0 Å². The van der Waals surface area contributed by atoms with Crippen molar-refractivity contribution in [2.45, 2.75) is 19.4 Å². The zero-order chi connectivity index (χ0) is 21.8. The number of carbonyl (C=O) groups excluding carboxylic acids is 2. The average Bonchev–Trinajstić information content (AvgIpc) is 3.31. The number of halogens is 1. The van der Waals surface area contributed by atoms with Gasteiger partial charge in [0.1, 0.15) is 11.5 Å². The van der Waals surface area contributed by atoms with Crippen molar-refractivity contribution >= 4 is 40.4 Å². The van der Waals surface area contributed by atoms with E-state index in [4.69, 9.17) is 16.3 Å². The SMILES string of the molecule is CCOc1ccc(Cl)c(/C(O)=C2/C(=O)C(=O)N(CCCN(C)C)C2c2cccs2)c1. The van der Waals surface area contributed by atoms with Gasteiger partial charge in [0, 0.05) is 17.0 Å². The van der Waals surface area contributed by atoms with E-state index in [2.05, 4.69) is 0 Å². The van der Waals surface area contributed by atoms with Gasteiger partial charge in [0.25, 0.3) is 11.7 Å². The molecule has 6 nitrogen and oxygen atoms in total. The first-order valence-corrected chi connectivity index (χ1v) is 11.0. The smallest absolute Gasteiger partial charge is 0.295 e. The van der Waals surface area contributed by atoms with Crippen molar-refractivity contribution in [2.75, 3.05) is 33.8 Å². The van der Waals surface area contributed by atoms with Gasteiger partial charge in [0.15, 0.2) is 0 Å². The third kappa shape index (κ3) is 4.53. The molecule has 0 aliphatic carbocycles. The van der Waals surface area contributed by atoms with E-state index in [0.29, 0.717) is 25.3 Å². The van der Waals surface area contributed by atoms with Gasteiger partial charge in [-0.05, 0) is 63.6 Å². The van der Waals surface area contributed by atoms with Crippen LogP contribution in [-0.2, 0) is 9.59 Å². The molecule has 1 amide bonds. The number of ketones is 1. The fourth-order valence-electron chi connectivity index (χ4n) is 3.50. The van der Waals surface area contributed by atoms with Crippen molar-refractivity contribution in [3.8, 4) is 5.75 Å². The first-order valence-electron chi connectivity index (χ1n) is 9.74. The molecular formula is C22H25ClN2O4S. The van der Waals surface area contributed by atoms with Crippen LogP contribution in [0.15, 0.2) is 41.3 Å². The van der Waals surface area contributed by atoms with Crippen LogP contribution in [0, 0.1) is 0 Å². The zero-order valence-electron chi connectivity index (χ0n) is 17.2. The van der Waals surface area contributed by atoms with Gasteiger partial charge in [-0.3, -0.25) is 9.59 Å². The Morgan fingerprint density at radius 3 is 2.70 bits per heavy atom. The second-order valence-electron chi connectivity index (χ2n) is 7.24. The number of Topliss-reactive ketones (excluding diaryl/α,β-unsaturated/α-hetero) is 1. The Kier molecular flexibility index (Phi) is 7.18. The lowest BCUT2D eigenvalue weighted by molar-refractivity contribution is -0.139. The summed E-state index contributed by atoms with van der Waals surface area (Å²) in [5, 5.41) is 13.3. The molecule has 1 unspecified atom stereocenters. The Balaban J connectivity index is 2.08. The van der Waals surface area contributed by atoms with E-state index in [1.54, 1.807) is 23.1 Å². The Morgan fingerprint density at radius 1 is 1.30 bits per heavy atom. The minimum absolute atomic E-state index is 0.0582. The lowest BCUT2D eigenvalue weighted by Crippen LogP contribution is -2.32. The number of nitrogens with zero attached hydrogens (tertiary/aromatic N) is 2. The number of aliphatic hydroxyl groups is 1. The number of hydrogen-bond donors (Lipinski definition) is 1. The quantitative estimate of drug-likeness (QED) is 0.373. The normalized spacial score (nSPS) is 18.4. The molecule has 0 saturated carbocycles. The Bertz CT molecular complexity index is 956. The van der Waals surface area contributed by atoms with E-state index in [1.807, 2.05) is 43.4 Å². The number of carbonyl (C=O) groups is 2. The van der Waals surface area contributed by atoms with Crippen LogP contribution in [0.1, 0.15) is 29.8 Å². The number of aliphatic hydroxyl groups excluding tert-OH is 1. The van der Waals surface area contributed by atoms with Crippen LogP contribution in [0.5, 0.6) is 5.75 Å². The van der Waals surface area contributed by atoms with Crippen LogP contribution in [0.25, 0.3) is 5.76 Å². The Morgan fingerprint density at radius 2 is 2.07 bits per heavy atom. The van der Waals surface area contributed by atoms with Crippen LogP contribution in [0.4, 0.5) is 0 Å². The van der Waals surface area contributed by atoms with E-state index >= 15 is 0 Å². The van der Waals surface area contributed by atoms with Crippen LogP contribution in [-0.4, -0.2) is 60.4 Å². The summed E-state index contributed by atoms with van der Waals surface area (Å²) < 4.78 is 5.50. The first-order chi connectivity index (χ1) is 14.3. The van der Waals surface area contributed by atoms with Crippen LogP contribution in [0.3, 0.4) is 0 Å². The molecule has 0 spiro atoms. The van der Waals surface area contributed by atoms with Gasteiger partial charge in [0.05, 0.1) is 23.2 Å². The minimum atomic E-state index is -0.700. The number of benzene rings is 1. The molecule has 1 fully saturated rings. The lowest BCUT2D eigenvalue weighted by atomic mass is 9.99. The highest BCUT2D eigenvalue weighted by molar-refractivity contribution is 7.10. The number of amides is 1. The summed E-state index contributed by atoms with van der Waals surface area (Å²) in [5.74, 6) is -1.07. The van der Waals surface area contributed by atoms with Crippen molar-refractivity contribution in [2.24, 2.45) is 0 Å². The van der Waals surface area contributed by atoms with E-state index in [0.717, 1.165) is 11.4 Å². The standard InChI is InChI=1S/C22H25ClN2O4S/c1-4-29-14-8-9-16(23)15(13-14)20(26)18-19(17-7-5-12-30-17)25(22(28)21(18)27)11-6-10-24(2)3/h5,7-9,12-13,19,26H,4,6,10-11H2,1-3H3/b20-18-. The summed E-state index contributed by atoms with van der Waals surface area (Å²) in [5.41, 5.74) is 0.332. The molecule has 1 saturated heterocycles. The molecule has 1 aromatic carbocycles. The molecule has 2 heterocycles. The predicted octanol–water partition coefficient (Wildman–Crippen LogP) is 4.17. The monoisotopic (exact) mass is 448 g/mol. The molecular weight excluding hydrogens is 424 g/mol. The molecule has 1 N–H and O–H groups in total. The fraction of sp³-hybridized carbons (Fsp3) is 0.364. The van der Waals surface area contributed by atoms with Gasteiger partial charge < -0.3 is 19.6 Å². The number of thiophene rings is 1. The molecule has 8 heteroatoms. The highest BCUT2D eigenvalue weighted by atomic mass is 35.5. The molecule has 2 aromatic rings. The summed E-state index contributed by atoms with van der Waals surface area (Å²) >= 11 is 7.76. The van der Waals surface area contributed by atoms with Crippen molar-refractivity contribution in [3.05, 3.63) is 56.7 Å². The highest BCUT2D eigenvalue weighted by Crippen LogP contribution is 2.42. The molecule has 1 aliphatic heterocycles. The molecule has 1 aliphatic rings. The van der Waals surface area contributed by atoms with Gasteiger partial charge in [-0.15, -0.1) is 11.3 Å². The van der Waals surface area contributed by atoms with Crippen LogP contribution >= 0.6 is 22.9 Å². The predicted molar refractivity (Wildman–Crippen MR) is 119 cm³/mol. The first kappa shape index (κ1) is 22.3. The van der Waals surface area contributed by atoms with Crippen molar-refractivity contribution in [1.82, 2.24) is 9.80 Å². The molecule has 30 heavy (non-hydrogen) atoms. The summed E-state index contributed by atoms with van der Waals surface area (Å²) in [7, 11) is 3.91. The third-order valence-electron chi connectivity index (χ3n) is 4.86. The maximum absolute atomic E-state index is 13.0. The maximum atomic E-state index is 13.0. The molecule has 1 aromatic heterocycles. The van der Waals surface area contributed by atoms with Crippen molar-refractivity contribution in [1.29, 1.82) is 0 Å². The van der Waals surface area contributed by atoms with E-state index in [1.165, 1.54) is 11.3 Å². The number of rotatable bonds is 8. The molecule has 0 radical (unpaired) electrons. The van der Waals surface area contributed by atoms with Crippen molar-refractivity contribution < 1.29 is 19.4 Å². The van der Waals surface area contributed by atoms with Gasteiger partial charge in [-0.1, -0.05) is 17.7 Å². The molecule has 160 valence electrons. The Hall–Kier alpha value is -2.35. The van der Waals surface area contributed by atoms with E-state index in [-0.39, 0.29) is 21.9 Å². The minimum Gasteiger partial charge on any atom is -0.507 e. The zero-order valence-corrected chi connectivity index (χ0v) is 18.8. The highest BCUT2D eigenvalue weighted by Gasteiger charge is 2.46. The molecule has 3 rings (SSSR count).